The van der Waals surface area contributed by atoms with Crippen LogP contribution in [0.1, 0.15) is 34.3 Å². The van der Waals surface area contributed by atoms with Gasteiger partial charge in [-0.05, 0) is 24.6 Å². The van der Waals surface area contributed by atoms with E-state index in [9.17, 15) is 40.7 Å². The average molecular weight is 386 g/mol. The minimum Gasteiger partial charge on any atom is -0.480 e. The van der Waals surface area contributed by atoms with Crippen LogP contribution in [0, 0.1) is 0 Å². The molecule has 0 saturated carbocycles. The van der Waals surface area contributed by atoms with Gasteiger partial charge >= 0.3 is 18.3 Å². The third-order valence-electron chi connectivity index (χ3n) is 3.13. The lowest BCUT2D eigenvalue weighted by atomic mass is 10.0. The molecule has 26 heavy (non-hydrogen) atoms. The molecule has 6 nitrogen and oxygen atoms in total. The SMILES string of the molecule is NC(=O)CCC(NC(=O)c1cc(C(F)(F)F)cc(C(F)(F)F)c1)C(=O)O. The molecule has 1 atom stereocenters. The summed E-state index contributed by atoms with van der Waals surface area (Å²) in [6, 6.07) is -1.56. The molecule has 0 fully saturated rings. The predicted octanol–water partition coefficient (Wildman–Crippen LogP) is 2.17. The van der Waals surface area contributed by atoms with Crippen molar-refractivity contribution < 1.29 is 45.8 Å². The Morgan fingerprint density at radius 1 is 1.00 bits per heavy atom. The van der Waals surface area contributed by atoms with Crippen LogP contribution in [0.4, 0.5) is 26.3 Å². The highest BCUT2D eigenvalue weighted by Gasteiger charge is 2.37. The van der Waals surface area contributed by atoms with Gasteiger partial charge in [-0.15, -0.1) is 0 Å². The maximum atomic E-state index is 12.8. The molecule has 0 bridgehead atoms. The number of rotatable bonds is 6. The summed E-state index contributed by atoms with van der Waals surface area (Å²) in [5, 5.41) is 10.7. The maximum Gasteiger partial charge on any atom is 0.416 e. The number of hydrogen-bond donors (Lipinski definition) is 3. The van der Waals surface area contributed by atoms with Crippen LogP contribution in [-0.4, -0.2) is 28.9 Å². The number of benzene rings is 1. The van der Waals surface area contributed by atoms with E-state index in [1.165, 1.54) is 0 Å². The molecular weight excluding hydrogens is 374 g/mol. The molecule has 0 aliphatic carbocycles. The molecule has 0 radical (unpaired) electrons. The van der Waals surface area contributed by atoms with Crippen LogP contribution in [0.3, 0.4) is 0 Å². The first-order valence-corrected chi connectivity index (χ1v) is 6.83. The fourth-order valence-corrected chi connectivity index (χ4v) is 1.87. The highest BCUT2D eigenvalue weighted by Crippen LogP contribution is 2.36. The first-order chi connectivity index (χ1) is 11.7. The van der Waals surface area contributed by atoms with Crippen molar-refractivity contribution in [3.8, 4) is 0 Å². The Bertz CT molecular complexity index is 682. The van der Waals surface area contributed by atoms with Crippen molar-refractivity contribution >= 4 is 17.8 Å². The number of nitrogens with one attached hydrogen (secondary N) is 1. The molecule has 2 amide bonds. The fraction of sp³-hybridized carbons (Fsp3) is 0.357. The zero-order valence-electron chi connectivity index (χ0n) is 12.7. The predicted molar refractivity (Wildman–Crippen MR) is 73.8 cm³/mol. The number of amides is 2. The third-order valence-corrected chi connectivity index (χ3v) is 3.13. The van der Waals surface area contributed by atoms with Crippen molar-refractivity contribution in [1.82, 2.24) is 5.32 Å². The van der Waals surface area contributed by atoms with Crippen molar-refractivity contribution in [3.05, 3.63) is 34.9 Å². The summed E-state index contributed by atoms with van der Waals surface area (Å²) in [5.41, 5.74) is 0.352. The van der Waals surface area contributed by atoms with Crippen molar-refractivity contribution in [1.29, 1.82) is 0 Å². The van der Waals surface area contributed by atoms with E-state index < -0.39 is 65.7 Å². The van der Waals surface area contributed by atoms with E-state index in [0.29, 0.717) is 0 Å². The van der Waals surface area contributed by atoms with Crippen molar-refractivity contribution in [2.24, 2.45) is 5.73 Å². The van der Waals surface area contributed by atoms with Gasteiger partial charge < -0.3 is 16.2 Å². The molecule has 0 heterocycles. The minimum atomic E-state index is -5.16. The van der Waals surface area contributed by atoms with Gasteiger partial charge in [0.25, 0.3) is 5.91 Å². The smallest absolute Gasteiger partial charge is 0.416 e. The molecule has 4 N–H and O–H groups in total. The van der Waals surface area contributed by atoms with Gasteiger partial charge in [-0.1, -0.05) is 0 Å². The zero-order valence-corrected chi connectivity index (χ0v) is 12.7. The van der Waals surface area contributed by atoms with Crippen LogP contribution in [0.2, 0.25) is 0 Å². The lowest BCUT2D eigenvalue weighted by Gasteiger charge is -2.16. The Balaban J connectivity index is 3.21. The van der Waals surface area contributed by atoms with Crippen molar-refractivity contribution in [2.75, 3.05) is 0 Å². The van der Waals surface area contributed by atoms with Gasteiger partial charge in [0.2, 0.25) is 5.91 Å². The number of primary amides is 1. The second kappa shape index (κ2) is 7.62. The monoisotopic (exact) mass is 386 g/mol. The Labute approximate surface area is 142 Å². The lowest BCUT2D eigenvalue weighted by Crippen LogP contribution is -2.41. The van der Waals surface area contributed by atoms with Gasteiger partial charge in [0.05, 0.1) is 11.1 Å². The first-order valence-electron chi connectivity index (χ1n) is 6.83. The van der Waals surface area contributed by atoms with Gasteiger partial charge in [0, 0.05) is 12.0 Å². The molecule has 1 rings (SSSR count). The Morgan fingerprint density at radius 2 is 1.46 bits per heavy atom. The van der Waals surface area contributed by atoms with Gasteiger partial charge in [0.1, 0.15) is 6.04 Å². The van der Waals surface area contributed by atoms with E-state index in [1.54, 1.807) is 5.32 Å². The quantitative estimate of drug-likeness (QED) is 0.651. The molecule has 1 aromatic rings. The largest absolute Gasteiger partial charge is 0.480 e. The summed E-state index contributed by atoms with van der Waals surface area (Å²) in [6.07, 6.45) is -11.3. The van der Waals surface area contributed by atoms with Crippen LogP contribution in [0.25, 0.3) is 0 Å². The molecule has 0 saturated heterocycles. The average Bonchev–Trinajstić information content (AvgIpc) is 2.48. The van der Waals surface area contributed by atoms with Gasteiger partial charge in [-0.2, -0.15) is 26.3 Å². The Morgan fingerprint density at radius 3 is 1.81 bits per heavy atom. The van der Waals surface area contributed by atoms with Crippen LogP contribution in [0.15, 0.2) is 18.2 Å². The molecule has 12 heteroatoms. The van der Waals surface area contributed by atoms with Crippen LogP contribution >= 0.6 is 0 Å². The second-order valence-corrected chi connectivity index (χ2v) is 5.16. The third kappa shape index (κ3) is 5.93. The summed E-state index contributed by atoms with van der Waals surface area (Å²) in [5.74, 6) is -4.01. The molecule has 1 unspecified atom stereocenters. The number of carbonyl (C=O) groups excluding carboxylic acids is 2. The number of hydrogen-bond acceptors (Lipinski definition) is 3. The number of halogens is 6. The standard InChI is InChI=1S/C14H12F6N2O4/c15-13(16,17)7-3-6(4-8(5-7)14(18,19)20)11(24)22-9(12(25)26)1-2-10(21)23/h3-5,9H,1-2H2,(H2,21,23)(H,22,24)(H,25,26). The highest BCUT2D eigenvalue weighted by molar-refractivity contribution is 5.97. The normalized spacial score (nSPS) is 13.2. The van der Waals surface area contributed by atoms with Crippen LogP contribution in [-0.2, 0) is 21.9 Å². The summed E-state index contributed by atoms with van der Waals surface area (Å²) in [7, 11) is 0. The van der Waals surface area contributed by atoms with Gasteiger partial charge in [-0.25, -0.2) is 4.79 Å². The van der Waals surface area contributed by atoms with Crippen LogP contribution < -0.4 is 11.1 Å². The number of carboxylic acid groups (broad SMARTS) is 1. The van der Waals surface area contributed by atoms with E-state index >= 15 is 0 Å². The molecule has 0 spiro atoms. The van der Waals surface area contributed by atoms with E-state index in [4.69, 9.17) is 10.8 Å². The topological polar surface area (TPSA) is 109 Å². The van der Waals surface area contributed by atoms with E-state index in [0.717, 1.165) is 0 Å². The Kier molecular flexibility index (Phi) is 6.23. The number of nitrogens with two attached hydrogens (primary N) is 1. The molecule has 144 valence electrons. The van der Waals surface area contributed by atoms with E-state index in [1.807, 2.05) is 0 Å². The van der Waals surface area contributed by atoms with Gasteiger partial charge in [0.15, 0.2) is 0 Å². The number of carboxylic acids is 1. The zero-order chi connectivity index (χ0) is 20.3. The van der Waals surface area contributed by atoms with E-state index in [-0.39, 0.29) is 18.2 Å². The minimum absolute atomic E-state index is 0.164. The van der Waals surface area contributed by atoms with E-state index in [2.05, 4.69) is 0 Å². The summed E-state index contributed by atoms with van der Waals surface area (Å²) < 4.78 is 76.5. The lowest BCUT2D eigenvalue weighted by molar-refractivity contribution is -0.143. The number of carbonyl (C=O) groups is 3. The molecule has 0 aliphatic heterocycles. The molecule has 1 aromatic carbocycles. The Hall–Kier alpha value is -2.79. The fourth-order valence-electron chi connectivity index (χ4n) is 1.87. The van der Waals surface area contributed by atoms with Gasteiger partial charge in [-0.3, -0.25) is 9.59 Å². The van der Waals surface area contributed by atoms with Crippen molar-refractivity contribution in [2.45, 2.75) is 31.2 Å². The molecule has 0 aromatic heterocycles. The van der Waals surface area contributed by atoms with Crippen LogP contribution in [0.5, 0.6) is 0 Å². The number of aliphatic carboxylic acids is 1. The summed E-state index contributed by atoms with van der Waals surface area (Å²) in [4.78, 5) is 33.6. The summed E-state index contributed by atoms with van der Waals surface area (Å²) >= 11 is 0. The summed E-state index contributed by atoms with van der Waals surface area (Å²) in [6.45, 7) is 0. The molecular formula is C14H12F6N2O4. The number of alkyl halides is 6. The molecule has 0 aliphatic rings. The maximum absolute atomic E-state index is 12.8. The second-order valence-electron chi connectivity index (χ2n) is 5.16. The first kappa shape index (κ1) is 21.3. The highest BCUT2D eigenvalue weighted by atomic mass is 19.4. The van der Waals surface area contributed by atoms with Crippen molar-refractivity contribution in [3.63, 3.8) is 0 Å².